The highest BCUT2D eigenvalue weighted by atomic mass is 32.2. The van der Waals surface area contributed by atoms with Crippen LogP contribution in [0.5, 0.6) is 5.75 Å². The summed E-state index contributed by atoms with van der Waals surface area (Å²) in [6, 6.07) is 13.3. The standard InChI is InChI=1S/C19H16N2O5S/c22-16-9-8-14(11-15(16)21(25)26)12-17-18(23)20(19(24)27-17)10-4-7-13-5-2-1-3-6-13/h1-3,5-6,8-9,11-12,22H,4,7,10H2/p-1/b17-12-. The Morgan fingerprint density at radius 2 is 1.85 bits per heavy atom. The van der Waals surface area contributed by atoms with Gasteiger partial charge in [0, 0.05) is 12.6 Å². The van der Waals surface area contributed by atoms with Crippen LogP contribution in [-0.2, 0) is 11.2 Å². The first-order chi connectivity index (χ1) is 13.0. The van der Waals surface area contributed by atoms with E-state index in [0.29, 0.717) is 18.5 Å². The van der Waals surface area contributed by atoms with Crippen LogP contribution in [0.4, 0.5) is 10.5 Å². The molecule has 1 heterocycles. The van der Waals surface area contributed by atoms with Gasteiger partial charge in [-0.25, -0.2) is 0 Å². The minimum Gasteiger partial charge on any atom is -0.868 e. The molecule has 2 amide bonds. The number of nitro groups is 1. The summed E-state index contributed by atoms with van der Waals surface area (Å²) in [7, 11) is 0. The SMILES string of the molecule is O=C1S/C(=C\c2ccc([O-])c([N+](=O)[O-])c2)C(=O)N1CCCc1ccccc1. The van der Waals surface area contributed by atoms with Gasteiger partial charge in [0.2, 0.25) is 0 Å². The molecule has 0 aliphatic carbocycles. The summed E-state index contributed by atoms with van der Waals surface area (Å²) in [5.74, 6) is -1.13. The van der Waals surface area contributed by atoms with Gasteiger partial charge in [0.05, 0.1) is 9.83 Å². The molecule has 1 aliphatic rings. The van der Waals surface area contributed by atoms with E-state index >= 15 is 0 Å². The Balaban J connectivity index is 1.69. The van der Waals surface area contributed by atoms with Gasteiger partial charge in [0.1, 0.15) is 0 Å². The summed E-state index contributed by atoms with van der Waals surface area (Å²) < 4.78 is 0. The maximum absolute atomic E-state index is 12.5. The van der Waals surface area contributed by atoms with Crippen molar-refractivity contribution in [1.29, 1.82) is 0 Å². The van der Waals surface area contributed by atoms with Gasteiger partial charge in [-0.2, -0.15) is 0 Å². The molecule has 1 aliphatic heterocycles. The van der Waals surface area contributed by atoms with Crippen molar-refractivity contribution in [1.82, 2.24) is 4.90 Å². The second-order valence-electron chi connectivity index (χ2n) is 5.91. The molecule has 0 spiro atoms. The normalized spacial score (nSPS) is 15.6. The molecule has 2 aromatic carbocycles. The topological polar surface area (TPSA) is 104 Å². The number of aryl methyl sites for hydroxylation is 1. The van der Waals surface area contributed by atoms with Crippen LogP contribution in [-0.4, -0.2) is 27.5 Å². The van der Waals surface area contributed by atoms with E-state index in [0.717, 1.165) is 35.9 Å². The number of thioether (sulfide) groups is 1. The summed E-state index contributed by atoms with van der Waals surface area (Å²) in [6.07, 6.45) is 2.79. The van der Waals surface area contributed by atoms with Crippen molar-refractivity contribution in [3.8, 4) is 5.75 Å². The molecule has 0 unspecified atom stereocenters. The quantitative estimate of drug-likeness (QED) is 0.430. The lowest BCUT2D eigenvalue weighted by Crippen LogP contribution is -2.29. The van der Waals surface area contributed by atoms with Gasteiger partial charge in [0.15, 0.2) is 0 Å². The molecule has 0 bridgehead atoms. The Kier molecular flexibility index (Phi) is 5.56. The third-order valence-electron chi connectivity index (χ3n) is 4.04. The van der Waals surface area contributed by atoms with E-state index in [4.69, 9.17) is 0 Å². The van der Waals surface area contributed by atoms with Crippen molar-refractivity contribution in [3.05, 3.63) is 74.7 Å². The number of hydrogen-bond acceptors (Lipinski definition) is 6. The lowest BCUT2D eigenvalue weighted by atomic mass is 10.1. The molecule has 1 saturated heterocycles. The summed E-state index contributed by atoms with van der Waals surface area (Å²) in [5, 5.41) is 22.0. The fraction of sp³-hybridized carbons (Fsp3) is 0.158. The third kappa shape index (κ3) is 4.35. The van der Waals surface area contributed by atoms with Crippen LogP contribution in [0.15, 0.2) is 53.4 Å². The minimum absolute atomic E-state index is 0.188. The minimum atomic E-state index is -0.769. The van der Waals surface area contributed by atoms with Crippen molar-refractivity contribution in [2.24, 2.45) is 0 Å². The van der Waals surface area contributed by atoms with Crippen LogP contribution in [0.2, 0.25) is 0 Å². The molecule has 8 heteroatoms. The molecular formula is C19H15N2O5S-. The van der Waals surface area contributed by atoms with Crippen LogP contribution >= 0.6 is 11.8 Å². The van der Waals surface area contributed by atoms with E-state index in [2.05, 4.69) is 0 Å². The number of carbonyl (C=O) groups is 2. The molecule has 3 rings (SSSR count). The molecule has 0 atom stereocenters. The Hall–Kier alpha value is -3.13. The Morgan fingerprint density at radius 1 is 1.11 bits per heavy atom. The monoisotopic (exact) mass is 383 g/mol. The van der Waals surface area contributed by atoms with Crippen LogP contribution in [0.1, 0.15) is 17.5 Å². The molecule has 1 fully saturated rings. The molecule has 27 heavy (non-hydrogen) atoms. The Bertz CT molecular complexity index is 927. The first-order valence-corrected chi connectivity index (χ1v) is 9.02. The van der Waals surface area contributed by atoms with Gasteiger partial charge < -0.3 is 5.11 Å². The van der Waals surface area contributed by atoms with E-state index in [-0.39, 0.29) is 10.1 Å². The second kappa shape index (κ2) is 8.05. The lowest BCUT2D eigenvalue weighted by molar-refractivity contribution is -0.398. The van der Waals surface area contributed by atoms with Crippen molar-refractivity contribution in [2.45, 2.75) is 12.8 Å². The molecule has 138 valence electrons. The molecule has 0 saturated carbocycles. The highest BCUT2D eigenvalue weighted by molar-refractivity contribution is 8.18. The van der Waals surface area contributed by atoms with Gasteiger partial charge >= 0.3 is 0 Å². The molecule has 2 aromatic rings. The number of nitro benzene ring substituents is 1. The number of imide groups is 1. The van der Waals surface area contributed by atoms with Gasteiger partial charge in [-0.1, -0.05) is 42.5 Å². The number of amides is 2. The maximum Gasteiger partial charge on any atom is 0.293 e. The van der Waals surface area contributed by atoms with Gasteiger partial charge in [-0.05, 0) is 47.6 Å². The van der Waals surface area contributed by atoms with Crippen molar-refractivity contribution in [3.63, 3.8) is 0 Å². The zero-order chi connectivity index (χ0) is 19.4. The van der Waals surface area contributed by atoms with E-state index in [9.17, 15) is 24.8 Å². The average Bonchev–Trinajstić information content (AvgIpc) is 2.91. The van der Waals surface area contributed by atoms with E-state index in [1.165, 1.54) is 17.0 Å². The highest BCUT2D eigenvalue weighted by Crippen LogP contribution is 2.33. The highest BCUT2D eigenvalue weighted by Gasteiger charge is 2.34. The summed E-state index contributed by atoms with van der Waals surface area (Å²) in [5.41, 5.74) is 0.895. The Morgan fingerprint density at radius 3 is 2.56 bits per heavy atom. The zero-order valence-corrected chi connectivity index (χ0v) is 15.0. The molecular weight excluding hydrogens is 368 g/mol. The second-order valence-corrected chi connectivity index (χ2v) is 6.90. The third-order valence-corrected chi connectivity index (χ3v) is 4.95. The summed E-state index contributed by atoms with van der Waals surface area (Å²) in [4.78, 5) is 36.1. The predicted octanol–water partition coefficient (Wildman–Crippen LogP) is 3.34. The first kappa shape index (κ1) is 18.7. The predicted molar refractivity (Wildman–Crippen MR) is 100.0 cm³/mol. The van der Waals surface area contributed by atoms with Crippen molar-refractivity contribution >= 4 is 34.7 Å². The van der Waals surface area contributed by atoms with Gasteiger partial charge in [0.25, 0.3) is 16.8 Å². The van der Waals surface area contributed by atoms with Crippen molar-refractivity contribution < 1.29 is 19.6 Å². The number of benzene rings is 2. The average molecular weight is 383 g/mol. The van der Waals surface area contributed by atoms with E-state index < -0.39 is 22.3 Å². The fourth-order valence-corrected chi connectivity index (χ4v) is 3.56. The van der Waals surface area contributed by atoms with Crippen LogP contribution in [0.25, 0.3) is 6.08 Å². The summed E-state index contributed by atoms with van der Waals surface area (Å²) in [6.45, 7) is 0.302. The molecule has 0 N–H and O–H groups in total. The first-order valence-electron chi connectivity index (χ1n) is 8.20. The van der Waals surface area contributed by atoms with Gasteiger partial charge in [-0.3, -0.25) is 24.6 Å². The largest absolute Gasteiger partial charge is 0.868 e. The van der Waals surface area contributed by atoms with E-state index in [1.54, 1.807) is 0 Å². The number of carbonyl (C=O) groups excluding carboxylic acids is 2. The fourth-order valence-electron chi connectivity index (χ4n) is 2.70. The van der Waals surface area contributed by atoms with Crippen LogP contribution < -0.4 is 5.11 Å². The zero-order valence-electron chi connectivity index (χ0n) is 14.2. The smallest absolute Gasteiger partial charge is 0.293 e. The molecule has 0 radical (unpaired) electrons. The number of hydrogen-bond donors (Lipinski definition) is 0. The van der Waals surface area contributed by atoms with Crippen molar-refractivity contribution in [2.75, 3.05) is 6.54 Å². The number of rotatable bonds is 6. The number of nitrogens with zero attached hydrogens (tertiary/aromatic N) is 2. The van der Waals surface area contributed by atoms with Gasteiger partial charge in [-0.15, -0.1) is 0 Å². The summed E-state index contributed by atoms with van der Waals surface area (Å²) >= 11 is 0.792. The van der Waals surface area contributed by atoms with Crippen LogP contribution in [0, 0.1) is 10.1 Å². The van der Waals surface area contributed by atoms with Crippen LogP contribution in [0.3, 0.4) is 0 Å². The molecule has 0 aromatic heterocycles. The lowest BCUT2D eigenvalue weighted by Gasteiger charge is -2.12. The maximum atomic E-state index is 12.5. The Labute approximate surface area is 159 Å². The molecule has 7 nitrogen and oxygen atoms in total. The van der Waals surface area contributed by atoms with E-state index in [1.807, 2.05) is 30.3 Å².